The lowest BCUT2D eigenvalue weighted by Crippen LogP contribution is -2.46. The van der Waals surface area contributed by atoms with Gasteiger partial charge in [-0.3, -0.25) is 9.48 Å². The summed E-state index contributed by atoms with van der Waals surface area (Å²) in [6.07, 6.45) is 6.11. The molecule has 138 valence electrons. The van der Waals surface area contributed by atoms with E-state index in [2.05, 4.69) is 15.7 Å². The molecular weight excluding hydrogens is 330 g/mol. The van der Waals surface area contributed by atoms with Gasteiger partial charge in [-0.25, -0.2) is 4.79 Å². The standard InChI is InChI=1S/C19H25N5O2/c1-14-5-7-16(8-6-14)24-11-9-17(18(24)25)22-19(26)20-10-3-4-15-12-21-23(2)13-15/h5-8,12-13,17H,3-4,9-11H2,1-2H3,(H2,20,22,26). The second kappa shape index (κ2) is 8.03. The average molecular weight is 355 g/mol. The van der Waals surface area contributed by atoms with E-state index in [-0.39, 0.29) is 11.9 Å². The third-order valence-corrected chi connectivity index (χ3v) is 4.54. The molecule has 1 aliphatic rings. The first-order valence-corrected chi connectivity index (χ1v) is 8.93. The molecule has 0 bridgehead atoms. The number of rotatable bonds is 6. The third kappa shape index (κ3) is 4.41. The quantitative estimate of drug-likeness (QED) is 0.775. The van der Waals surface area contributed by atoms with Crippen molar-refractivity contribution in [1.29, 1.82) is 0 Å². The van der Waals surface area contributed by atoms with Gasteiger partial charge in [-0.15, -0.1) is 0 Å². The van der Waals surface area contributed by atoms with Crippen molar-refractivity contribution in [1.82, 2.24) is 20.4 Å². The summed E-state index contributed by atoms with van der Waals surface area (Å²) in [6, 6.07) is 7.09. The van der Waals surface area contributed by atoms with Crippen LogP contribution < -0.4 is 15.5 Å². The van der Waals surface area contributed by atoms with Gasteiger partial charge in [0.2, 0.25) is 5.91 Å². The molecule has 1 aromatic heterocycles. The van der Waals surface area contributed by atoms with Crippen molar-refractivity contribution in [2.24, 2.45) is 7.05 Å². The van der Waals surface area contributed by atoms with Gasteiger partial charge in [0.15, 0.2) is 0 Å². The molecule has 7 nitrogen and oxygen atoms in total. The summed E-state index contributed by atoms with van der Waals surface area (Å²) in [5.74, 6) is -0.0561. The highest BCUT2D eigenvalue weighted by Gasteiger charge is 2.33. The number of nitrogens with zero attached hydrogens (tertiary/aromatic N) is 3. The van der Waals surface area contributed by atoms with Crippen LogP contribution in [0.4, 0.5) is 10.5 Å². The summed E-state index contributed by atoms with van der Waals surface area (Å²) >= 11 is 0. The maximum Gasteiger partial charge on any atom is 0.315 e. The smallest absolute Gasteiger partial charge is 0.315 e. The van der Waals surface area contributed by atoms with Gasteiger partial charge in [-0.05, 0) is 43.9 Å². The van der Waals surface area contributed by atoms with Crippen LogP contribution in [0.5, 0.6) is 0 Å². The fraction of sp³-hybridized carbons (Fsp3) is 0.421. The van der Waals surface area contributed by atoms with E-state index in [0.29, 0.717) is 19.5 Å². The lowest BCUT2D eigenvalue weighted by molar-refractivity contribution is -0.118. The normalized spacial score (nSPS) is 16.8. The van der Waals surface area contributed by atoms with E-state index >= 15 is 0 Å². The zero-order chi connectivity index (χ0) is 18.5. The Hall–Kier alpha value is -2.83. The molecule has 1 fully saturated rings. The fourth-order valence-corrected chi connectivity index (χ4v) is 3.10. The lowest BCUT2D eigenvalue weighted by atomic mass is 10.2. The second-order valence-corrected chi connectivity index (χ2v) is 6.69. The molecule has 0 saturated carbocycles. The molecule has 0 spiro atoms. The van der Waals surface area contributed by atoms with E-state index in [1.54, 1.807) is 9.58 Å². The molecule has 7 heteroatoms. The number of aromatic nitrogens is 2. The minimum Gasteiger partial charge on any atom is -0.338 e. The molecule has 26 heavy (non-hydrogen) atoms. The maximum atomic E-state index is 12.5. The Labute approximate surface area is 153 Å². The van der Waals surface area contributed by atoms with Gasteiger partial charge in [0.05, 0.1) is 6.20 Å². The van der Waals surface area contributed by atoms with Crippen molar-refractivity contribution >= 4 is 17.6 Å². The first-order chi connectivity index (χ1) is 12.5. The molecule has 1 unspecified atom stereocenters. The number of amides is 3. The van der Waals surface area contributed by atoms with Crippen molar-refractivity contribution in [2.75, 3.05) is 18.0 Å². The predicted octanol–water partition coefficient (Wildman–Crippen LogP) is 1.77. The Bertz CT molecular complexity index is 768. The second-order valence-electron chi connectivity index (χ2n) is 6.69. The van der Waals surface area contributed by atoms with Gasteiger partial charge >= 0.3 is 6.03 Å². The molecule has 1 saturated heterocycles. The van der Waals surface area contributed by atoms with Gasteiger partial charge < -0.3 is 15.5 Å². The first-order valence-electron chi connectivity index (χ1n) is 8.93. The number of hydrogen-bond acceptors (Lipinski definition) is 3. The molecule has 0 radical (unpaired) electrons. The van der Waals surface area contributed by atoms with Crippen LogP contribution in [0.1, 0.15) is 24.0 Å². The summed E-state index contributed by atoms with van der Waals surface area (Å²) < 4.78 is 1.76. The molecule has 3 rings (SSSR count). The Kier molecular flexibility index (Phi) is 5.55. The molecule has 1 aliphatic heterocycles. The van der Waals surface area contributed by atoms with Crippen LogP contribution in [-0.2, 0) is 18.3 Å². The minimum absolute atomic E-state index is 0.0561. The van der Waals surface area contributed by atoms with E-state index in [4.69, 9.17) is 0 Å². The number of anilines is 1. The van der Waals surface area contributed by atoms with Crippen LogP contribution in [0.3, 0.4) is 0 Å². The molecular formula is C19H25N5O2. The van der Waals surface area contributed by atoms with E-state index < -0.39 is 6.04 Å². The van der Waals surface area contributed by atoms with Gasteiger partial charge in [-0.1, -0.05) is 17.7 Å². The zero-order valence-electron chi connectivity index (χ0n) is 15.2. The van der Waals surface area contributed by atoms with Gasteiger partial charge in [0, 0.05) is 32.0 Å². The fourth-order valence-electron chi connectivity index (χ4n) is 3.10. The summed E-state index contributed by atoms with van der Waals surface area (Å²) in [6.45, 7) is 3.19. The topological polar surface area (TPSA) is 79.3 Å². The van der Waals surface area contributed by atoms with Crippen molar-refractivity contribution in [3.8, 4) is 0 Å². The van der Waals surface area contributed by atoms with Crippen LogP contribution >= 0.6 is 0 Å². The number of hydrogen-bond donors (Lipinski definition) is 2. The summed E-state index contributed by atoms with van der Waals surface area (Å²) in [5, 5.41) is 9.72. The number of aryl methyl sites for hydroxylation is 3. The van der Waals surface area contributed by atoms with E-state index in [1.807, 2.05) is 50.6 Å². The highest BCUT2D eigenvalue weighted by Crippen LogP contribution is 2.21. The Morgan fingerprint density at radius 3 is 2.77 bits per heavy atom. The number of carbonyl (C=O) groups excluding carboxylic acids is 2. The SMILES string of the molecule is Cc1ccc(N2CCC(NC(=O)NCCCc3cnn(C)c3)C2=O)cc1. The first kappa shape index (κ1) is 18.0. The van der Waals surface area contributed by atoms with Crippen molar-refractivity contribution in [3.05, 3.63) is 47.8 Å². The Morgan fingerprint density at radius 1 is 1.31 bits per heavy atom. The average Bonchev–Trinajstić information content (AvgIpc) is 3.19. The molecule has 3 amide bonds. The highest BCUT2D eigenvalue weighted by atomic mass is 16.2. The Balaban J connectivity index is 1.41. The van der Waals surface area contributed by atoms with Crippen LogP contribution in [0.2, 0.25) is 0 Å². The molecule has 0 aliphatic carbocycles. The monoisotopic (exact) mass is 355 g/mol. The van der Waals surface area contributed by atoms with Crippen LogP contribution in [-0.4, -0.2) is 40.9 Å². The minimum atomic E-state index is -0.463. The third-order valence-electron chi connectivity index (χ3n) is 4.54. The number of benzene rings is 1. The van der Waals surface area contributed by atoms with Crippen LogP contribution in [0.15, 0.2) is 36.7 Å². The van der Waals surface area contributed by atoms with Crippen LogP contribution in [0, 0.1) is 6.92 Å². The van der Waals surface area contributed by atoms with E-state index in [9.17, 15) is 9.59 Å². The molecule has 1 aromatic carbocycles. The highest BCUT2D eigenvalue weighted by molar-refractivity contribution is 6.01. The molecule has 2 heterocycles. The predicted molar refractivity (Wildman–Crippen MR) is 100 cm³/mol. The summed E-state index contributed by atoms with van der Waals surface area (Å²) in [5.41, 5.74) is 3.18. The van der Waals surface area contributed by atoms with Gasteiger partial charge in [0.1, 0.15) is 6.04 Å². The van der Waals surface area contributed by atoms with Crippen molar-refractivity contribution in [2.45, 2.75) is 32.2 Å². The molecule has 2 aromatic rings. The largest absolute Gasteiger partial charge is 0.338 e. The number of carbonyl (C=O) groups is 2. The van der Waals surface area contributed by atoms with Crippen LogP contribution in [0.25, 0.3) is 0 Å². The van der Waals surface area contributed by atoms with E-state index in [0.717, 1.165) is 29.7 Å². The zero-order valence-corrected chi connectivity index (χ0v) is 15.2. The Morgan fingerprint density at radius 2 is 2.08 bits per heavy atom. The van der Waals surface area contributed by atoms with Gasteiger partial charge in [0.25, 0.3) is 0 Å². The summed E-state index contributed by atoms with van der Waals surface area (Å²) in [7, 11) is 1.88. The van der Waals surface area contributed by atoms with Crippen molar-refractivity contribution in [3.63, 3.8) is 0 Å². The summed E-state index contributed by atoms with van der Waals surface area (Å²) in [4.78, 5) is 26.3. The molecule has 2 N–H and O–H groups in total. The number of nitrogens with one attached hydrogen (secondary N) is 2. The molecule has 1 atom stereocenters. The number of urea groups is 1. The van der Waals surface area contributed by atoms with Gasteiger partial charge in [-0.2, -0.15) is 5.10 Å². The maximum absolute atomic E-state index is 12.5. The van der Waals surface area contributed by atoms with Crippen molar-refractivity contribution < 1.29 is 9.59 Å². The van der Waals surface area contributed by atoms with E-state index in [1.165, 1.54) is 0 Å². The lowest BCUT2D eigenvalue weighted by Gasteiger charge is -2.17.